The summed E-state index contributed by atoms with van der Waals surface area (Å²) in [5.74, 6) is 0. The zero-order valence-electron chi connectivity index (χ0n) is 10.9. The standard InChI is InChI=1S/C15H19NO3/c1-2-14-10-13(8-9-18-14)16-15(17)19-11-12-6-4-3-5-7-12/h2-7,13-14H,1,8-11H2,(H,16,17)/t13-,14+/m0/s1. The molecular weight excluding hydrogens is 242 g/mol. The average Bonchev–Trinajstić information content (AvgIpc) is 2.46. The van der Waals surface area contributed by atoms with Crippen LogP contribution in [0.15, 0.2) is 43.0 Å². The van der Waals surface area contributed by atoms with Crippen molar-refractivity contribution >= 4 is 6.09 Å². The lowest BCUT2D eigenvalue weighted by molar-refractivity contribution is 0.0293. The van der Waals surface area contributed by atoms with Gasteiger partial charge in [0.2, 0.25) is 0 Å². The van der Waals surface area contributed by atoms with E-state index >= 15 is 0 Å². The zero-order valence-corrected chi connectivity index (χ0v) is 10.9. The third kappa shape index (κ3) is 4.41. The normalized spacial score (nSPS) is 22.5. The van der Waals surface area contributed by atoms with E-state index in [0.29, 0.717) is 13.2 Å². The van der Waals surface area contributed by atoms with Gasteiger partial charge < -0.3 is 14.8 Å². The molecule has 1 heterocycles. The number of alkyl carbamates (subject to hydrolysis) is 1. The summed E-state index contributed by atoms with van der Waals surface area (Å²) in [7, 11) is 0. The summed E-state index contributed by atoms with van der Waals surface area (Å²) in [6, 6.07) is 9.72. The molecule has 2 rings (SSSR count). The van der Waals surface area contributed by atoms with E-state index in [4.69, 9.17) is 9.47 Å². The second-order valence-corrected chi connectivity index (χ2v) is 4.57. The molecule has 1 saturated heterocycles. The topological polar surface area (TPSA) is 47.6 Å². The van der Waals surface area contributed by atoms with Gasteiger partial charge in [-0.3, -0.25) is 0 Å². The number of carbonyl (C=O) groups is 1. The third-order valence-electron chi connectivity index (χ3n) is 3.11. The Kier molecular flexibility index (Phi) is 4.98. The second kappa shape index (κ2) is 6.95. The number of ether oxygens (including phenoxy) is 2. The first-order valence-corrected chi connectivity index (χ1v) is 6.49. The van der Waals surface area contributed by atoms with Crippen LogP contribution in [0.4, 0.5) is 4.79 Å². The molecule has 0 aliphatic carbocycles. The first-order valence-electron chi connectivity index (χ1n) is 6.49. The van der Waals surface area contributed by atoms with E-state index < -0.39 is 0 Å². The Hall–Kier alpha value is -1.81. The molecule has 0 unspecified atom stereocenters. The third-order valence-corrected chi connectivity index (χ3v) is 3.11. The highest BCUT2D eigenvalue weighted by Gasteiger charge is 2.22. The lowest BCUT2D eigenvalue weighted by atomic mass is 10.0. The van der Waals surface area contributed by atoms with E-state index in [9.17, 15) is 4.79 Å². The van der Waals surface area contributed by atoms with Gasteiger partial charge in [-0.2, -0.15) is 0 Å². The van der Waals surface area contributed by atoms with Gasteiger partial charge in [0.1, 0.15) is 6.61 Å². The Morgan fingerprint density at radius 1 is 1.47 bits per heavy atom. The van der Waals surface area contributed by atoms with Crippen LogP contribution < -0.4 is 5.32 Å². The molecule has 102 valence electrons. The van der Waals surface area contributed by atoms with Crippen molar-refractivity contribution in [3.63, 3.8) is 0 Å². The molecule has 4 heteroatoms. The minimum absolute atomic E-state index is 0.0215. The first-order chi connectivity index (χ1) is 9.28. The highest BCUT2D eigenvalue weighted by Crippen LogP contribution is 2.14. The van der Waals surface area contributed by atoms with Gasteiger partial charge >= 0.3 is 6.09 Å². The summed E-state index contributed by atoms with van der Waals surface area (Å²) >= 11 is 0. The molecule has 0 saturated carbocycles. The smallest absolute Gasteiger partial charge is 0.407 e. The highest BCUT2D eigenvalue weighted by molar-refractivity contribution is 5.67. The van der Waals surface area contributed by atoms with Crippen molar-refractivity contribution in [1.29, 1.82) is 0 Å². The van der Waals surface area contributed by atoms with Crippen molar-refractivity contribution in [1.82, 2.24) is 5.32 Å². The summed E-state index contributed by atoms with van der Waals surface area (Å²) < 4.78 is 10.6. The van der Waals surface area contributed by atoms with Crippen molar-refractivity contribution < 1.29 is 14.3 Å². The van der Waals surface area contributed by atoms with Gasteiger partial charge in [0, 0.05) is 12.6 Å². The highest BCUT2D eigenvalue weighted by atomic mass is 16.5. The predicted octanol–water partition coefficient (Wildman–Crippen LogP) is 2.65. The van der Waals surface area contributed by atoms with Crippen molar-refractivity contribution in [3.8, 4) is 0 Å². The average molecular weight is 261 g/mol. The largest absolute Gasteiger partial charge is 0.445 e. The molecule has 2 atom stereocenters. The van der Waals surface area contributed by atoms with Gasteiger partial charge in [0.15, 0.2) is 0 Å². The van der Waals surface area contributed by atoms with Crippen molar-refractivity contribution in [2.45, 2.75) is 31.6 Å². The maximum absolute atomic E-state index is 11.7. The van der Waals surface area contributed by atoms with Gasteiger partial charge in [-0.25, -0.2) is 4.79 Å². The summed E-state index contributed by atoms with van der Waals surface area (Å²) in [4.78, 5) is 11.7. The van der Waals surface area contributed by atoms with Crippen LogP contribution in [0.5, 0.6) is 0 Å². The Morgan fingerprint density at radius 2 is 2.26 bits per heavy atom. The molecule has 0 aromatic heterocycles. The number of carbonyl (C=O) groups excluding carboxylic acids is 1. The molecule has 1 aliphatic rings. The SMILES string of the molecule is C=C[C@@H]1C[C@@H](NC(=O)OCc2ccccc2)CCO1. The van der Waals surface area contributed by atoms with E-state index in [1.165, 1.54) is 0 Å². The Labute approximate surface area is 113 Å². The number of hydrogen-bond donors (Lipinski definition) is 1. The Morgan fingerprint density at radius 3 is 3.00 bits per heavy atom. The van der Waals surface area contributed by atoms with Crippen LogP contribution in [0.3, 0.4) is 0 Å². The summed E-state index contributed by atoms with van der Waals surface area (Å²) in [5, 5.41) is 2.86. The molecule has 0 bridgehead atoms. The van der Waals surface area contributed by atoms with Gasteiger partial charge in [0.05, 0.1) is 6.10 Å². The number of nitrogens with one attached hydrogen (secondary N) is 1. The Balaban J connectivity index is 1.73. The monoisotopic (exact) mass is 261 g/mol. The minimum atomic E-state index is -0.376. The molecule has 0 spiro atoms. The number of hydrogen-bond acceptors (Lipinski definition) is 3. The molecule has 1 aliphatic heterocycles. The van der Waals surface area contributed by atoms with Crippen molar-refractivity contribution in [2.24, 2.45) is 0 Å². The van der Waals surface area contributed by atoms with Crippen LogP contribution in [-0.2, 0) is 16.1 Å². The van der Waals surface area contributed by atoms with Gasteiger partial charge in [-0.05, 0) is 18.4 Å². The summed E-state index contributed by atoms with van der Waals surface area (Å²) in [6.45, 7) is 4.64. The minimum Gasteiger partial charge on any atom is -0.445 e. The van der Waals surface area contributed by atoms with Gasteiger partial charge in [-0.1, -0.05) is 36.4 Å². The van der Waals surface area contributed by atoms with Gasteiger partial charge in [0.25, 0.3) is 0 Å². The molecule has 19 heavy (non-hydrogen) atoms. The molecule has 0 radical (unpaired) electrons. The van der Waals surface area contributed by atoms with Gasteiger partial charge in [-0.15, -0.1) is 6.58 Å². The molecule has 1 aromatic rings. The lowest BCUT2D eigenvalue weighted by Crippen LogP contribution is -2.41. The molecule has 4 nitrogen and oxygen atoms in total. The van der Waals surface area contributed by atoms with E-state index in [0.717, 1.165) is 18.4 Å². The number of rotatable bonds is 4. The molecular formula is C15H19NO3. The maximum Gasteiger partial charge on any atom is 0.407 e. The van der Waals surface area contributed by atoms with Crippen LogP contribution in [-0.4, -0.2) is 24.8 Å². The Bertz CT molecular complexity index is 419. The molecule has 1 aromatic carbocycles. The summed E-state index contributed by atoms with van der Waals surface area (Å²) in [5.41, 5.74) is 0.980. The molecule has 1 amide bonds. The first kappa shape index (κ1) is 13.6. The number of benzene rings is 1. The van der Waals surface area contributed by atoms with E-state index in [1.54, 1.807) is 6.08 Å². The fourth-order valence-corrected chi connectivity index (χ4v) is 2.05. The summed E-state index contributed by atoms with van der Waals surface area (Å²) in [6.07, 6.45) is 2.98. The van der Waals surface area contributed by atoms with Crippen LogP contribution in [0.2, 0.25) is 0 Å². The van der Waals surface area contributed by atoms with E-state index in [2.05, 4.69) is 11.9 Å². The van der Waals surface area contributed by atoms with Crippen molar-refractivity contribution in [2.75, 3.05) is 6.61 Å². The molecule has 1 fully saturated rings. The molecule has 1 N–H and O–H groups in total. The second-order valence-electron chi connectivity index (χ2n) is 4.57. The quantitative estimate of drug-likeness (QED) is 0.848. The van der Waals surface area contributed by atoms with Crippen LogP contribution >= 0.6 is 0 Å². The predicted molar refractivity (Wildman–Crippen MR) is 72.7 cm³/mol. The maximum atomic E-state index is 11.7. The van der Waals surface area contributed by atoms with E-state index in [-0.39, 0.29) is 18.2 Å². The van der Waals surface area contributed by atoms with Crippen molar-refractivity contribution in [3.05, 3.63) is 48.6 Å². The zero-order chi connectivity index (χ0) is 13.5. The fourth-order valence-electron chi connectivity index (χ4n) is 2.05. The van der Waals surface area contributed by atoms with E-state index in [1.807, 2.05) is 30.3 Å². The van der Waals surface area contributed by atoms with Crippen LogP contribution in [0.1, 0.15) is 18.4 Å². The van der Waals surface area contributed by atoms with Crippen LogP contribution in [0.25, 0.3) is 0 Å². The fraction of sp³-hybridized carbons (Fsp3) is 0.400. The lowest BCUT2D eigenvalue weighted by Gasteiger charge is -2.27. The number of amides is 1. The van der Waals surface area contributed by atoms with Crippen LogP contribution in [0, 0.1) is 0 Å².